The minimum absolute atomic E-state index is 0.0718. The maximum atomic E-state index is 12.5. The summed E-state index contributed by atoms with van der Waals surface area (Å²) in [5, 5.41) is 3.94. The van der Waals surface area contributed by atoms with E-state index in [0.29, 0.717) is 0 Å². The van der Waals surface area contributed by atoms with Gasteiger partial charge < -0.3 is 0 Å². The lowest BCUT2D eigenvalue weighted by molar-refractivity contribution is 0.0793. The number of hydrogen-bond donors (Lipinski definition) is 0. The Labute approximate surface area is 126 Å². The highest BCUT2D eigenvalue weighted by Crippen LogP contribution is 2.29. The third-order valence-corrected chi connectivity index (χ3v) is 5.38. The van der Waals surface area contributed by atoms with E-state index in [0.717, 1.165) is 31.9 Å². The molecular weight excluding hydrogens is 326 g/mol. The standard InChI is InChI=1S/C12H17F4N3O2S/c13-11(14)7-18(8-12(15)16)22(20,21)10-5-17-19(6-10)9-3-1-2-4-9/h5-6,9,11-12H,1-4,7-8H2. The molecule has 0 bridgehead atoms. The molecule has 0 N–H and O–H groups in total. The van der Waals surface area contributed by atoms with Crippen molar-refractivity contribution in [3.05, 3.63) is 12.4 Å². The van der Waals surface area contributed by atoms with Crippen LogP contribution >= 0.6 is 0 Å². The van der Waals surface area contributed by atoms with E-state index in [4.69, 9.17) is 0 Å². The number of alkyl halides is 4. The van der Waals surface area contributed by atoms with Gasteiger partial charge in [0.1, 0.15) is 4.90 Å². The summed E-state index contributed by atoms with van der Waals surface area (Å²) in [6.45, 7) is -2.53. The van der Waals surface area contributed by atoms with Gasteiger partial charge in [0, 0.05) is 6.20 Å². The first-order chi connectivity index (χ1) is 10.3. The highest BCUT2D eigenvalue weighted by molar-refractivity contribution is 7.89. The molecule has 0 atom stereocenters. The third kappa shape index (κ3) is 3.97. The molecule has 10 heteroatoms. The molecule has 0 saturated heterocycles. The lowest BCUT2D eigenvalue weighted by atomic mass is 10.3. The van der Waals surface area contributed by atoms with Crippen LogP contribution in [0.4, 0.5) is 17.6 Å². The second-order valence-corrected chi connectivity index (χ2v) is 7.14. The van der Waals surface area contributed by atoms with Crippen LogP contribution in [-0.4, -0.2) is 48.4 Å². The van der Waals surface area contributed by atoms with E-state index in [1.165, 1.54) is 10.9 Å². The Hall–Kier alpha value is -1.16. The molecule has 0 radical (unpaired) electrons. The maximum absolute atomic E-state index is 12.5. The molecule has 1 saturated carbocycles. The van der Waals surface area contributed by atoms with Crippen LogP contribution in [0.25, 0.3) is 0 Å². The number of hydrogen-bond acceptors (Lipinski definition) is 3. The average molecular weight is 343 g/mol. The summed E-state index contributed by atoms with van der Waals surface area (Å²) in [4.78, 5) is -0.333. The minimum atomic E-state index is -4.41. The van der Waals surface area contributed by atoms with Gasteiger partial charge in [-0.2, -0.15) is 9.40 Å². The van der Waals surface area contributed by atoms with Crippen molar-refractivity contribution in [3.8, 4) is 0 Å². The maximum Gasteiger partial charge on any atom is 0.252 e. The van der Waals surface area contributed by atoms with Crippen molar-refractivity contribution in [1.29, 1.82) is 0 Å². The summed E-state index contributed by atoms with van der Waals surface area (Å²) in [5.74, 6) is 0. The van der Waals surface area contributed by atoms with E-state index in [-0.39, 0.29) is 15.2 Å². The van der Waals surface area contributed by atoms with Crippen LogP contribution in [0.5, 0.6) is 0 Å². The molecule has 1 aliphatic rings. The SMILES string of the molecule is O=S(=O)(c1cnn(C2CCCC2)c1)N(CC(F)F)CC(F)F. The first-order valence-corrected chi connectivity index (χ1v) is 8.35. The second-order valence-electron chi connectivity index (χ2n) is 5.20. The van der Waals surface area contributed by atoms with Crippen molar-refractivity contribution in [2.75, 3.05) is 13.1 Å². The van der Waals surface area contributed by atoms with Gasteiger partial charge in [-0.05, 0) is 12.8 Å². The van der Waals surface area contributed by atoms with Gasteiger partial charge in [0.2, 0.25) is 10.0 Å². The van der Waals surface area contributed by atoms with Crippen LogP contribution in [0.1, 0.15) is 31.7 Å². The predicted molar refractivity (Wildman–Crippen MR) is 70.5 cm³/mol. The molecule has 0 unspecified atom stereocenters. The molecule has 1 heterocycles. The van der Waals surface area contributed by atoms with Gasteiger partial charge in [0.15, 0.2) is 0 Å². The van der Waals surface area contributed by atoms with E-state index in [9.17, 15) is 26.0 Å². The molecule has 1 aromatic rings. The molecular formula is C12H17F4N3O2S. The third-order valence-electron chi connectivity index (χ3n) is 3.60. The summed E-state index contributed by atoms with van der Waals surface area (Å²) >= 11 is 0. The van der Waals surface area contributed by atoms with Crippen LogP contribution in [0, 0.1) is 0 Å². The molecule has 126 valence electrons. The number of halogens is 4. The highest BCUT2D eigenvalue weighted by Gasteiger charge is 2.31. The number of rotatable bonds is 7. The summed E-state index contributed by atoms with van der Waals surface area (Å²) in [6.07, 6.45) is -0.0627. The summed E-state index contributed by atoms with van der Waals surface area (Å²) < 4.78 is 75.9. The van der Waals surface area contributed by atoms with Crippen molar-refractivity contribution < 1.29 is 26.0 Å². The number of aromatic nitrogens is 2. The fourth-order valence-corrected chi connectivity index (χ4v) is 3.89. The zero-order chi connectivity index (χ0) is 16.3. The van der Waals surface area contributed by atoms with E-state index in [1.807, 2.05) is 0 Å². The second kappa shape index (κ2) is 6.95. The van der Waals surface area contributed by atoms with Crippen LogP contribution in [0.3, 0.4) is 0 Å². The number of nitrogens with zero attached hydrogens (tertiary/aromatic N) is 3. The Bertz CT molecular complexity index is 575. The van der Waals surface area contributed by atoms with Gasteiger partial charge in [-0.15, -0.1) is 0 Å². The zero-order valence-corrected chi connectivity index (χ0v) is 12.5. The molecule has 0 aliphatic heterocycles. The van der Waals surface area contributed by atoms with Gasteiger partial charge in [-0.25, -0.2) is 26.0 Å². The van der Waals surface area contributed by atoms with Crippen LogP contribution < -0.4 is 0 Å². The van der Waals surface area contributed by atoms with Gasteiger partial charge >= 0.3 is 0 Å². The molecule has 5 nitrogen and oxygen atoms in total. The Morgan fingerprint density at radius 1 is 1.18 bits per heavy atom. The number of sulfonamides is 1. The predicted octanol–water partition coefficient (Wildman–Crippen LogP) is 2.52. The topological polar surface area (TPSA) is 55.2 Å². The molecule has 0 spiro atoms. The van der Waals surface area contributed by atoms with Crippen molar-refractivity contribution in [2.24, 2.45) is 0 Å². The fourth-order valence-electron chi connectivity index (χ4n) is 2.55. The largest absolute Gasteiger partial charge is 0.268 e. The van der Waals surface area contributed by atoms with Gasteiger partial charge in [-0.1, -0.05) is 12.8 Å². The molecule has 1 aliphatic carbocycles. The monoisotopic (exact) mass is 343 g/mol. The molecule has 22 heavy (non-hydrogen) atoms. The summed E-state index contributed by atoms with van der Waals surface area (Å²) in [6, 6.07) is 0.0718. The molecule has 1 fully saturated rings. The lowest BCUT2D eigenvalue weighted by Crippen LogP contribution is -2.38. The van der Waals surface area contributed by atoms with Crippen LogP contribution in [0.15, 0.2) is 17.3 Å². The van der Waals surface area contributed by atoms with E-state index in [2.05, 4.69) is 5.10 Å². The minimum Gasteiger partial charge on any atom is -0.268 e. The molecule has 2 rings (SSSR count). The van der Waals surface area contributed by atoms with Crippen molar-refractivity contribution in [2.45, 2.75) is 49.5 Å². The smallest absolute Gasteiger partial charge is 0.252 e. The Morgan fingerprint density at radius 2 is 1.73 bits per heavy atom. The Morgan fingerprint density at radius 3 is 2.23 bits per heavy atom. The quantitative estimate of drug-likeness (QED) is 0.715. The lowest BCUT2D eigenvalue weighted by Gasteiger charge is -2.20. The Kier molecular flexibility index (Phi) is 5.43. The first kappa shape index (κ1) is 17.2. The van der Waals surface area contributed by atoms with E-state index in [1.54, 1.807) is 0 Å². The van der Waals surface area contributed by atoms with Crippen LogP contribution in [-0.2, 0) is 10.0 Å². The average Bonchev–Trinajstić information content (AvgIpc) is 3.08. The van der Waals surface area contributed by atoms with Crippen LogP contribution in [0.2, 0.25) is 0 Å². The molecule has 0 amide bonds. The fraction of sp³-hybridized carbons (Fsp3) is 0.750. The van der Waals surface area contributed by atoms with Crippen molar-refractivity contribution in [1.82, 2.24) is 14.1 Å². The van der Waals surface area contributed by atoms with Crippen molar-refractivity contribution >= 4 is 10.0 Å². The molecule has 1 aromatic heterocycles. The van der Waals surface area contributed by atoms with E-state index < -0.39 is 36.0 Å². The van der Waals surface area contributed by atoms with Gasteiger partial charge in [-0.3, -0.25) is 4.68 Å². The summed E-state index contributed by atoms with van der Waals surface area (Å²) in [5.41, 5.74) is 0. The first-order valence-electron chi connectivity index (χ1n) is 6.91. The zero-order valence-electron chi connectivity index (χ0n) is 11.7. The van der Waals surface area contributed by atoms with Crippen molar-refractivity contribution in [3.63, 3.8) is 0 Å². The highest BCUT2D eigenvalue weighted by atomic mass is 32.2. The molecule has 0 aromatic carbocycles. The summed E-state index contributed by atoms with van der Waals surface area (Å²) in [7, 11) is -4.41. The van der Waals surface area contributed by atoms with Gasteiger partial charge in [0.25, 0.3) is 12.9 Å². The van der Waals surface area contributed by atoms with Gasteiger partial charge in [0.05, 0.1) is 25.3 Å². The normalized spacial score (nSPS) is 17.2. The van der Waals surface area contributed by atoms with E-state index >= 15 is 0 Å². The Balaban J connectivity index is 2.22.